The topological polar surface area (TPSA) is 61.0 Å². The van der Waals surface area contributed by atoms with Crippen LogP contribution < -0.4 is 10.9 Å². The first-order valence-corrected chi connectivity index (χ1v) is 8.76. The van der Waals surface area contributed by atoms with Gasteiger partial charge in [-0.25, -0.2) is 4.98 Å². The number of nitrogens with zero attached hydrogens (tertiary/aromatic N) is 2. The molecule has 2 heterocycles. The Morgan fingerprint density at radius 1 is 1.46 bits per heavy atom. The van der Waals surface area contributed by atoms with Gasteiger partial charge < -0.3 is 10.3 Å². The van der Waals surface area contributed by atoms with Gasteiger partial charge in [0, 0.05) is 38.1 Å². The smallest absolute Gasteiger partial charge is 0.290 e. The molecule has 128 valence electrons. The normalized spacial score (nSPS) is 20.0. The number of aromatic amines is 1. The SMILES string of the molecule is C/C(=C\C1=CC=CCC1)CN1CCC(Nc2ncc[nH]c2=O)CC1. The van der Waals surface area contributed by atoms with Crippen molar-refractivity contribution < 1.29 is 0 Å². The minimum atomic E-state index is -0.145. The fraction of sp³-hybridized carbons (Fsp3) is 0.474. The maximum Gasteiger partial charge on any atom is 0.290 e. The third-order valence-corrected chi connectivity index (χ3v) is 4.59. The standard InChI is InChI=1S/C19H26N4O/c1-15(13-16-5-3-2-4-6-16)14-23-11-7-17(8-12-23)22-18-19(24)21-10-9-20-18/h2-3,5,9-10,13,17H,4,6-8,11-12,14H2,1H3,(H,20,22)(H,21,24)/b15-13+. The van der Waals surface area contributed by atoms with Gasteiger partial charge in [0.15, 0.2) is 5.82 Å². The van der Waals surface area contributed by atoms with Crippen molar-refractivity contribution in [2.24, 2.45) is 0 Å². The average molecular weight is 326 g/mol. The number of aromatic nitrogens is 2. The molecule has 5 heteroatoms. The number of likely N-dealkylation sites (tertiary alicyclic amines) is 1. The number of hydrogen-bond acceptors (Lipinski definition) is 4. The molecule has 0 atom stereocenters. The molecule has 1 aromatic rings. The Hall–Kier alpha value is -2.14. The van der Waals surface area contributed by atoms with Gasteiger partial charge in [-0.15, -0.1) is 0 Å². The summed E-state index contributed by atoms with van der Waals surface area (Å²) in [7, 11) is 0. The molecule has 0 bridgehead atoms. The molecular formula is C19H26N4O. The van der Waals surface area contributed by atoms with E-state index < -0.39 is 0 Å². The molecule has 24 heavy (non-hydrogen) atoms. The monoisotopic (exact) mass is 326 g/mol. The van der Waals surface area contributed by atoms with Crippen LogP contribution >= 0.6 is 0 Å². The van der Waals surface area contributed by atoms with Gasteiger partial charge in [0.1, 0.15) is 0 Å². The highest BCUT2D eigenvalue weighted by atomic mass is 16.1. The van der Waals surface area contributed by atoms with E-state index in [0.717, 1.165) is 45.3 Å². The van der Waals surface area contributed by atoms with E-state index >= 15 is 0 Å². The summed E-state index contributed by atoms with van der Waals surface area (Å²) >= 11 is 0. The lowest BCUT2D eigenvalue weighted by Crippen LogP contribution is -2.40. The Balaban J connectivity index is 1.47. The van der Waals surface area contributed by atoms with Crippen molar-refractivity contribution in [1.82, 2.24) is 14.9 Å². The molecule has 0 spiro atoms. The first-order chi connectivity index (χ1) is 11.7. The highest BCUT2D eigenvalue weighted by Gasteiger charge is 2.20. The summed E-state index contributed by atoms with van der Waals surface area (Å²) in [6.45, 7) is 5.34. The highest BCUT2D eigenvalue weighted by Crippen LogP contribution is 2.18. The van der Waals surface area contributed by atoms with Crippen LogP contribution in [0, 0.1) is 0 Å². The summed E-state index contributed by atoms with van der Waals surface area (Å²) < 4.78 is 0. The van der Waals surface area contributed by atoms with Crippen LogP contribution in [0.3, 0.4) is 0 Å². The van der Waals surface area contributed by atoms with Crippen molar-refractivity contribution in [2.45, 2.75) is 38.6 Å². The molecule has 0 radical (unpaired) electrons. The quantitative estimate of drug-likeness (QED) is 0.873. The Bertz CT molecular complexity index is 693. The Morgan fingerprint density at radius 2 is 2.29 bits per heavy atom. The summed E-state index contributed by atoms with van der Waals surface area (Å²) in [5.41, 5.74) is 2.71. The van der Waals surface area contributed by atoms with Gasteiger partial charge in [-0.3, -0.25) is 9.69 Å². The molecular weight excluding hydrogens is 300 g/mol. The predicted molar refractivity (Wildman–Crippen MR) is 98.2 cm³/mol. The molecule has 3 rings (SSSR count). The van der Waals surface area contributed by atoms with E-state index in [1.165, 1.54) is 11.1 Å². The largest absolute Gasteiger partial charge is 0.363 e. The molecule has 2 aliphatic rings. The molecule has 2 N–H and O–H groups in total. The first-order valence-electron chi connectivity index (χ1n) is 8.76. The van der Waals surface area contributed by atoms with E-state index in [1.54, 1.807) is 12.4 Å². The predicted octanol–water partition coefficient (Wildman–Crippen LogP) is 2.87. The molecule has 0 unspecified atom stereocenters. The van der Waals surface area contributed by atoms with Crippen LogP contribution in [0.2, 0.25) is 0 Å². The van der Waals surface area contributed by atoms with Crippen LogP contribution in [0.5, 0.6) is 0 Å². The molecule has 1 fully saturated rings. The van der Waals surface area contributed by atoms with E-state index in [2.05, 4.69) is 51.4 Å². The zero-order chi connectivity index (χ0) is 16.8. The van der Waals surface area contributed by atoms with E-state index in [-0.39, 0.29) is 5.56 Å². The van der Waals surface area contributed by atoms with Crippen LogP contribution in [-0.4, -0.2) is 40.5 Å². The second-order valence-corrected chi connectivity index (χ2v) is 6.66. The summed E-state index contributed by atoms with van der Waals surface area (Å²) in [4.78, 5) is 20.9. The zero-order valence-corrected chi connectivity index (χ0v) is 14.3. The van der Waals surface area contributed by atoms with Gasteiger partial charge in [0.05, 0.1) is 0 Å². The number of nitrogens with one attached hydrogen (secondary N) is 2. The molecule has 5 nitrogen and oxygen atoms in total. The van der Waals surface area contributed by atoms with Gasteiger partial charge in [0.2, 0.25) is 0 Å². The van der Waals surface area contributed by atoms with Crippen LogP contribution in [-0.2, 0) is 0 Å². The maximum atomic E-state index is 11.7. The number of rotatable bonds is 5. The van der Waals surface area contributed by atoms with Gasteiger partial charge in [-0.2, -0.15) is 0 Å². The van der Waals surface area contributed by atoms with Crippen molar-refractivity contribution in [2.75, 3.05) is 25.0 Å². The van der Waals surface area contributed by atoms with E-state index in [0.29, 0.717) is 11.9 Å². The van der Waals surface area contributed by atoms with Crippen LogP contribution in [0.4, 0.5) is 5.82 Å². The van der Waals surface area contributed by atoms with Crippen LogP contribution in [0.15, 0.2) is 52.6 Å². The van der Waals surface area contributed by atoms with Gasteiger partial charge in [-0.05, 0) is 38.2 Å². The van der Waals surface area contributed by atoms with Crippen LogP contribution in [0.1, 0.15) is 32.6 Å². The lowest BCUT2D eigenvalue weighted by Gasteiger charge is -2.32. The third-order valence-electron chi connectivity index (χ3n) is 4.59. The van der Waals surface area contributed by atoms with Crippen LogP contribution in [0.25, 0.3) is 0 Å². The Labute approximate surface area is 143 Å². The van der Waals surface area contributed by atoms with Gasteiger partial charge >= 0.3 is 0 Å². The third kappa shape index (κ3) is 4.68. The van der Waals surface area contributed by atoms with Gasteiger partial charge in [-0.1, -0.05) is 29.9 Å². The average Bonchev–Trinajstić information content (AvgIpc) is 2.59. The highest BCUT2D eigenvalue weighted by molar-refractivity contribution is 5.32. The minimum absolute atomic E-state index is 0.145. The molecule has 0 saturated carbocycles. The number of hydrogen-bond donors (Lipinski definition) is 2. The number of H-pyrrole nitrogens is 1. The van der Waals surface area contributed by atoms with E-state index in [1.807, 2.05) is 0 Å². The molecule has 1 aliphatic carbocycles. The first kappa shape index (κ1) is 16.7. The van der Waals surface area contributed by atoms with Gasteiger partial charge in [0.25, 0.3) is 5.56 Å². The second kappa shape index (κ2) is 8.11. The van der Waals surface area contributed by atoms with Crippen molar-refractivity contribution in [3.05, 3.63) is 58.2 Å². The fourth-order valence-electron chi connectivity index (χ4n) is 3.34. The lowest BCUT2D eigenvalue weighted by molar-refractivity contribution is 0.235. The maximum absolute atomic E-state index is 11.7. The number of piperidine rings is 1. The molecule has 0 aromatic carbocycles. The number of anilines is 1. The van der Waals surface area contributed by atoms with Crippen molar-refractivity contribution in [1.29, 1.82) is 0 Å². The van der Waals surface area contributed by atoms with Crippen molar-refractivity contribution >= 4 is 5.82 Å². The summed E-state index contributed by atoms with van der Waals surface area (Å²) in [5.74, 6) is 0.435. The Kier molecular flexibility index (Phi) is 5.64. The molecule has 0 amide bonds. The summed E-state index contributed by atoms with van der Waals surface area (Å²) in [6.07, 6.45) is 16.5. The fourth-order valence-corrected chi connectivity index (χ4v) is 3.34. The zero-order valence-electron chi connectivity index (χ0n) is 14.3. The summed E-state index contributed by atoms with van der Waals surface area (Å²) in [5, 5.41) is 3.28. The molecule has 1 saturated heterocycles. The lowest BCUT2D eigenvalue weighted by atomic mass is 10.0. The van der Waals surface area contributed by atoms with E-state index in [9.17, 15) is 4.79 Å². The molecule has 1 aromatic heterocycles. The number of allylic oxidation sites excluding steroid dienone is 5. The van der Waals surface area contributed by atoms with Crippen molar-refractivity contribution in [3.8, 4) is 0 Å². The second-order valence-electron chi connectivity index (χ2n) is 6.66. The minimum Gasteiger partial charge on any atom is -0.363 e. The summed E-state index contributed by atoms with van der Waals surface area (Å²) in [6, 6.07) is 0.327. The van der Waals surface area contributed by atoms with Crippen molar-refractivity contribution in [3.63, 3.8) is 0 Å². The van der Waals surface area contributed by atoms with E-state index in [4.69, 9.17) is 0 Å². The Morgan fingerprint density at radius 3 is 3.00 bits per heavy atom. The molecule has 1 aliphatic heterocycles.